The molecule has 1 atom stereocenters. The largest absolute Gasteiger partial charge is 0.496 e. The number of ether oxygens (including phenoxy) is 1. The highest BCUT2D eigenvalue weighted by atomic mass is 35.5. The van der Waals surface area contributed by atoms with E-state index in [1.54, 1.807) is 7.11 Å². The zero-order valence-corrected chi connectivity index (χ0v) is 15.5. The predicted octanol–water partition coefficient (Wildman–Crippen LogP) is 3.60. The van der Waals surface area contributed by atoms with E-state index in [9.17, 15) is 0 Å². The van der Waals surface area contributed by atoms with Crippen LogP contribution in [0.3, 0.4) is 0 Å². The molecule has 1 aliphatic carbocycles. The standard InChI is InChI=1S/C18H23N3OS.ClH/c1-22-17-5-3-2-4-15(17)16-10-19-8-9-21(16)11-14-12-23-18(20-14)13-6-7-13;/h2-5,12-13,16,19H,6-11H2,1H3;1H. The minimum Gasteiger partial charge on any atom is -0.496 e. The minimum absolute atomic E-state index is 0. The Hall–Kier alpha value is -1.14. The Morgan fingerprint density at radius 3 is 2.96 bits per heavy atom. The van der Waals surface area contributed by atoms with Crippen molar-refractivity contribution in [3.63, 3.8) is 0 Å². The van der Waals surface area contributed by atoms with Crippen LogP contribution in [-0.4, -0.2) is 36.6 Å². The highest BCUT2D eigenvalue weighted by Gasteiger charge is 2.29. The predicted molar refractivity (Wildman–Crippen MR) is 100 cm³/mol. The molecule has 1 aromatic heterocycles. The Labute approximate surface area is 153 Å². The molecule has 1 aliphatic heterocycles. The van der Waals surface area contributed by atoms with Crippen LogP contribution in [0, 0.1) is 0 Å². The number of aromatic nitrogens is 1. The van der Waals surface area contributed by atoms with Crippen molar-refractivity contribution in [1.29, 1.82) is 0 Å². The monoisotopic (exact) mass is 365 g/mol. The molecule has 1 unspecified atom stereocenters. The summed E-state index contributed by atoms with van der Waals surface area (Å²) in [6.07, 6.45) is 2.65. The fourth-order valence-corrected chi connectivity index (χ4v) is 4.29. The van der Waals surface area contributed by atoms with E-state index >= 15 is 0 Å². The number of nitrogens with zero attached hydrogens (tertiary/aromatic N) is 2. The van der Waals surface area contributed by atoms with E-state index in [0.717, 1.165) is 37.8 Å². The number of hydrogen-bond acceptors (Lipinski definition) is 5. The molecule has 130 valence electrons. The summed E-state index contributed by atoms with van der Waals surface area (Å²) in [6, 6.07) is 8.70. The fraction of sp³-hybridized carbons (Fsp3) is 0.500. The zero-order chi connectivity index (χ0) is 15.6. The van der Waals surface area contributed by atoms with Crippen LogP contribution in [0.1, 0.15) is 41.1 Å². The van der Waals surface area contributed by atoms with E-state index in [-0.39, 0.29) is 12.4 Å². The Balaban J connectivity index is 0.00000169. The Bertz CT molecular complexity index is 674. The number of rotatable bonds is 5. The third-order valence-corrected chi connectivity index (χ3v) is 5.77. The highest BCUT2D eigenvalue weighted by molar-refractivity contribution is 7.09. The van der Waals surface area contributed by atoms with Crippen molar-refractivity contribution in [3.05, 3.63) is 45.9 Å². The Morgan fingerprint density at radius 2 is 2.17 bits per heavy atom. The first-order chi connectivity index (χ1) is 11.3. The van der Waals surface area contributed by atoms with Crippen molar-refractivity contribution in [1.82, 2.24) is 15.2 Å². The van der Waals surface area contributed by atoms with Crippen molar-refractivity contribution in [2.24, 2.45) is 0 Å². The number of nitrogens with one attached hydrogen (secondary N) is 1. The number of thiazole rings is 1. The van der Waals surface area contributed by atoms with E-state index in [4.69, 9.17) is 9.72 Å². The maximum absolute atomic E-state index is 5.57. The molecule has 0 bridgehead atoms. The first-order valence-corrected chi connectivity index (χ1v) is 9.25. The average Bonchev–Trinajstić information content (AvgIpc) is 3.35. The third-order valence-electron chi connectivity index (χ3n) is 4.71. The molecule has 4 nitrogen and oxygen atoms in total. The number of hydrogen-bond donors (Lipinski definition) is 1. The molecule has 1 saturated heterocycles. The molecule has 0 amide bonds. The van der Waals surface area contributed by atoms with E-state index < -0.39 is 0 Å². The molecular formula is C18H24ClN3OS. The lowest BCUT2D eigenvalue weighted by molar-refractivity contribution is 0.149. The molecule has 6 heteroatoms. The summed E-state index contributed by atoms with van der Waals surface area (Å²) < 4.78 is 5.57. The molecule has 2 fully saturated rings. The van der Waals surface area contributed by atoms with Crippen LogP contribution in [0.5, 0.6) is 5.75 Å². The van der Waals surface area contributed by atoms with Gasteiger partial charge in [-0.1, -0.05) is 18.2 Å². The zero-order valence-electron chi connectivity index (χ0n) is 13.9. The number of benzene rings is 1. The quantitative estimate of drug-likeness (QED) is 0.878. The molecule has 0 spiro atoms. The van der Waals surface area contributed by atoms with Gasteiger partial charge in [0.25, 0.3) is 0 Å². The molecule has 1 N–H and O–H groups in total. The van der Waals surface area contributed by atoms with Gasteiger partial charge in [-0.15, -0.1) is 23.7 Å². The minimum atomic E-state index is 0. The van der Waals surface area contributed by atoms with Crippen LogP contribution in [0.15, 0.2) is 29.6 Å². The number of piperazine rings is 1. The lowest BCUT2D eigenvalue weighted by Crippen LogP contribution is -2.45. The van der Waals surface area contributed by atoms with Crippen LogP contribution < -0.4 is 10.1 Å². The van der Waals surface area contributed by atoms with Gasteiger partial charge in [-0.05, 0) is 18.9 Å². The van der Waals surface area contributed by atoms with E-state index in [0.29, 0.717) is 6.04 Å². The Morgan fingerprint density at radius 1 is 1.33 bits per heavy atom. The van der Waals surface area contributed by atoms with Gasteiger partial charge in [0, 0.05) is 43.0 Å². The summed E-state index contributed by atoms with van der Waals surface area (Å²) in [6.45, 7) is 3.96. The third kappa shape index (κ3) is 3.75. The number of methoxy groups -OCH3 is 1. The van der Waals surface area contributed by atoms with Crippen LogP contribution in [0.25, 0.3) is 0 Å². The maximum atomic E-state index is 5.57. The molecule has 1 saturated carbocycles. The number of para-hydroxylation sites is 1. The molecule has 4 rings (SSSR count). The topological polar surface area (TPSA) is 37.4 Å². The summed E-state index contributed by atoms with van der Waals surface area (Å²) in [4.78, 5) is 7.39. The van der Waals surface area contributed by atoms with Crippen molar-refractivity contribution in [3.8, 4) is 5.75 Å². The van der Waals surface area contributed by atoms with Gasteiger partial charge in [0.2, 0.25) is 0 Å². The molecule has 2 heterocycles. The van der Waals surface area contributed by atoms with E-state index in [1.807, 2.05) is 17.4 Å². The second kappa shape index (κ2) is 7.83. The summed E-state index contributed by atoms with van der Waals surface area (Å²) in [5.41, 5.74) is 2.48. The smallest absolute Gasteiger partial charge is 0.123 e. The molecule has 24 heavy (non-hydrogen) atoms. The lowest BCUT2D eigenvalue weighted by Gasteiger charge is -2.36. The van der Waals surface area contributed by atoms with Crippen LogP contribution in [0.2, 0.25) is 0 Å². The molecule has 2 aliphatic rings. The van der Waals surface area contributed by atoms with Crippen molar-refractivity contribution in [2.45, 2.75) is 31.3 Å². The van der Waals surface area contributed by atoms with Gasteiger partial charge in [0.15, 0.2) is 0 Å². The van der Waals surface area contributed by atoms with Crippen molar-refractivity contribution < 1.29 is 4.74 Å². The number of halogens is 1. The van der Waals surface area contributed by atoms with Gasteiger partial charge in [0.05, 0.1) is 23.9 Å². The van der Waals surface area contributed by atoms with Crippen molar-refractivity contribution >= 4 is 23.7 Å². The highest BCUT2D eigenvalue weighted by Crippen LogP contribution is 2.41. The average molecular weight is 366 g/mol. The summed E-state index contributed by atoms with van der Waals surface area (Å²) in [5.74, 6) is 1.73. The maximum Gasteiger partial charge on any atom is 0.123 e. The van der Waals surface area contributed by atoms with Crippen LogP contribution in [0.4, 0.5) is 0 Å². The summed E-state index contributed by atoms with van der Waals surface area (Å²) >= 11 is 1.84. The second-order valence-corrected chi connectivity index (χ2v) is 7.27. The second-order valence-electron chi connectivity index (χ2n) is 6.38. The molecule has 0 radical (unpaired) electrons. The van der Waals surface area contributed by atoms with E-state index in [1.165, 1.54) is 29.1 Å². The van der Waals surface area contributed by atoms with Gasteiger partial charge in [0.1, 0.15) is 5.75 Å². The molecular weight excluding hydrogens is 342 g/mol. The van der Waals surface area contributed by atoms with Crippen molar-refractivity contribution in [2.75, 3.05) is 26.7 Å². The van der Waals surface area contributed by atoms with Crippen LogP contribution >= 0.6 is 23.7 Å². The Kier molecular flexibility index (Phi) is 5.76. The fourth-order valence-electron chi connectivity index (χ4n) is 3.31. The van der Waals surface area contributed by atoms with Gasteiger partial charge >= 0.3 is 0 Å². The normalized spacial score (nSPS) is 21.3. The SMILES string of the molecule is COc1ccccc1C1CNCCN1Cc1csc(C2CC2)n1.Cl. The van der Waals surface area contributed by atoms with Gasteiger partial charge < -0.3 is 10.1 Å². The van der Waals surface area contributed by atoms with Crippen LogP contribution in [-0.2, 0) is 6.54 Å². The van der Waals surface area contributed by atoms with Gasteiger partial charge in [-0.25, -0.2) is 4.98 Å². The van der Waals surface area contributed by atoms with Gasteiger partial charge in [-0.2, -0.15) is 0 Å². The van der Waals surface area contributed by atoms with Gasteiger partial charge in [-0.3, -0.25) is 4.90 Å². The first-order valence-electron chi connectivity index (χ1n) is 8.37. The molecule has 2 aromatic rings. The first kappa shape index (κ1) is 17.7. The lowest BCUT2D eigenvalue weighted by atomic mass is 10.0. The summed E-state index contributed by atoms with van der Waals surface area (Å²) in [5, 5.41) is 7.10. The molecule has 1 aromatic carbocycles. The summed E-state index contributed by atoms with van der Waals surface area (Å²) in [7, 11) is 1.75. The van der Waals surface area contributed by atoms with E-state index in [2.05, 4.69) is 33.8 Å².